The quantitative estimate of drug-likeness (QED) is 0.565. The number of nitrogen functional groups attached to an aromatic ring is 1. The molecule has 0 atom stereocenters. The number of anilines is 2. The van der Waals surface area contributed by atoms with Crippen LogP contribution in [0.3, 0.4) is 0 Å². The molecule has 32 heavy (non-hydrogen) atoms. The molecule has 0 saturated carbocycles. The van der Waals surface area contributed by atoms with E-state index in [1.165, 1.54) is 7.05 Å². The van der Waals surface area contributed by atoms with Crippen molar-refractivity contribution in [3.05, 3.63) is 91.6 Å². The number of aryl methyl sites for hydroxylation is 2. The van der Waals surface area contributed by atoms with Crippen LogP contribution in [0.25, 0.3) is 0 Å². The molecule has 0 spiro atoms. The van der Waals surface area contributed by atoms with Gasteiger partial charge in [0.05, 0.1) is 12.1 Å². The molecular weight excluding hydrogens is 412 g/mol. The highest BCUT2D eigenvalue weighted by Gasteiger charge is 2.22. The lowest BCUT2D eigenvalue weighted by molar-refractivity contribution is -0.121. The average molecular weight is 436 g/mol. The van der Waals surface area contributed by atoms with Gasteiger partial charge in [0, 0.05) is 7.05 Å². The predicted molar refractivity (Wildman–Crippen MR) is 121 cm³/mol. The molecule has 1 aromatic heterocycles. The summed E-state index contributed by atoms with van der Waals surface area (Å²) in [7, 11) is 1.32. The number of carbonyl (C=O) groups is 2. The first kappa shape index (κ1) is 22.5. The first-order chi connectivity index (χ1) is 15.2. The zero-order chi connectivity index (χ0) is 23.4. The number of H-pyrrole nitrogens is 1. The molecule has 0 aliphatic rings. The fraction of sp³-hybridized carbons (Fsp3) is 0.217. The molecule has 0 saturated heterocycles. The van der Waals surface area contributed by atoms with E-state index in [0.29, 0.717) is 5.56 Å². The second-order valence-electron chi connectivity index (χ2n) is 7.39. The predicted octanol–water partition coefficient (Wildman–Crippen LogP) is 1.60. The third-order valence-electron chi connectivity index (χ3n) is 5.18. The van der Waals surface area contributed by atoms with E-state index in [1.807, 2.05) is 32.0 Å². The van der Waals surface area contributed by atoms with Crippen LogP contribution in [0.15, 0.2) is 58.1 Å². The Balaban J connectivity index is 1.79. The van der Waals surface area contributed by atoms with Gasteiger partial charge in [0.25, 0.3) is 11.5 Å². The van der Waals surface area contributed by atoms with Gasteiger partial charge in [-0.3, -0.25) is 19.1 Å². The summed E-state index contributed by atoms with van der Waals surface area (Å²) in [6.07, 6.45) is 0. The fourth-order valence-corrected chi connectivity index (χ4v) is 3.13. The summed E-state index contributed by atoms with van der Waals surface area (Å²) in [6.45, 7) is 3.30. The van der Waals surface area contributed by atoms with Gasteiger partial charge in [0.2, 0.25) is 0 Å². The molecule has 2 aromatic carbocycles. The number of esters is 1. The smallest absolute Gasteiger partial charge is 0.338 e. The van der Waals surface area contributed by atoms with Gasteiger partial charge in [0.1, 0.15) is 5.82 Å². The molecule has 0 bridgehead atoms. The summed E-state index contributed by atoms with van der Waals surface area (Å²) in [5.74, 6) is -1.51. The van der Waals surface area contributed by atoms with E-state index in [2.05, 4.69) is 4.98 Å². The van der Waals surface area contributed by atoms with Gasteiger partial charge in [0.15, 0.2) is 12.3 Å². The zero-order valence-corrected chi connectivity index (χ0v) is 18.0. The Hall–Kier alpha value is -4.14. The van der Waals surface area contributed by atoms with Crippen molar-refractivity contribution < 1.29 is 14.3 Å². The third-order valence-corrected chi connectivity index (χ3v) is 5.18. The number of likely N-dealkylation sites (N-methyl/N-ethyl adjacent to an activating group) is 1. The van der Waals surface area contributed by atoms with Gasteiger partial charge < -0.3 is 15.4 Å². The fourth-order valence-electron chi connectivity index (χ4n) is 3.13. The standard InChI is InChI=1S/C23H24N4O5/c1-14-9-10-17(11-15(14)2)22(30)32-13-18(28)26(3)19-20(24)27(23(31)25-21(19)29)12-16-7-5-4-6-8-16/h4-11H,12-13,24H2,1-3H3,(H,25,29,31). The first-order valence-corrected chi connectivity index (χ1v) is 9.86. The number of aromatic amines is 1. The number of carbonyl (C=O) groups excluding carboxylic acids is 2. The van der Waals surface area contributed by atoms with Crippen molar-refractivity contribution in [2.45, 2.75) is 20.4 Å². The zero-order valence-electron chi connectivity index (χ0n) is 18.0. The molecule has 0 fully saturated rings. The molecular formula is C23H24N4O5. The van der Waals surface area contributed by atoms with Gasteiger partial charge in [-0.15, -0.1) is 0 Å². The summed E-state index contributed by atoms with van der Waals surface area (Å²) < 4.78 is 6.27. The van der Waals surface area contributed by atoms with E-state index < -0.39 is 29.7 Å². The monoisotopic (exact) mass is 436 g/mol. The van der Waals surface area contributed by atoms with Crippen LogP contribution < -0.4 is 21.9 Å². The SMILES string of the molecule is Cc1ccc(C(=O)OCC(=O)N(C)c2c(N)n(Cc3ccccc3)c(=O)[nH]c2=O)cc1C. The van der Waals surface area contributed by atoms with E-state index in [9.17, 15) is 19.2 Å². The van der Waals surface area contributed by atoms with Crippen molar-refractivity contribution in [3.63, 3.8) is 0 Å². The number of aromatic nitrogens is 2. The van der Waals surface area contributed by atoms with Gasteiger partial charge in [-0.25, -0.2) is 9.59 Å². The molecule has 3 aromatic rings. The molecule has 9 nitrogen and oxygen atoms in total. The molecule has 0 radical (unpaired) electrons. The topological polar surface area (TPSA) is 127 Å². The highest BCUT2D eigenvalue weighted by molar-refractivity contribution is 5.98. The number of hydrogen-bond donors (Lipinski definition) is 2. The summed E-state index contributed by atoms with van der Waals surface area (Å²) in [4.78, 5) is 52.7. The summed E-state index contributed by atoms with van der Waals surface area (Å²) in [5.41, 5.74) is 7.43. The molecule has 0 aliphatic heterocycles. The number of hydrogen-bond acceptors (Lipinski definition) is 6. The second kappa shape index (κ2) is 9.34. The summed E-state index contributed by atoms with van der Waals surface area (Å²) in [6, 6.07) is 14.1. The van der Waals surface area contributed by atoms with Gasteiger partial charge in [-0.1, -0.05) is 36.4 Å². The first-order valence-electron chi connectivity index (χ1n) is 9.86. The molecule has 0 unspecified atom stereocenters. The minimum Gasteiger partial charge on any atom is -0.452 e. The third kappa shape index (κ3) is 4.77. The van der Waals surface area contributed by atoms with Crippen LogP contribution in [-0.2, 0) is 16.1 Å². The van der Waals surface area contributed by atoms with Crippen LogP contribution in [0.2, 0.25) is 0 Å². The number of nitrogens with one attached hydrogen (secondary N) is 1. The maximum Gasteiger partial charge on any atom is 0.338 e. The summed E-state index contributed by atoms with van der Waals surface area (Å²) in [5, 5.41) is 0. The largest absolute Gasteiger partial charge is 0.452 e. The summed E-state index contributed by atoms with van der Waals surface area (Å²) >= 11 is 0. The van der Waals surface area contributed by atoms with E-state index in [0.717, 1.165) is 26.2 Å². The highest BCUT2D eigenvalue weighted by Crippen LogP contribution is 2.17. The normalized spacial score (nSPS) is 10.6. The van der Waals surface area contributed by atoms with Gasteiger partial charge in [-0.05, 0) is 42.7 Å². The van der Waals surface area contributed by atoms with Crippen LogP contribution >= 0.6 is 0 Å². The van der Waals surface area contributed by atoms with E-state index in [4.69, 9.17) is 10.5 Å². The number of benzene rings is 2. The Labute approximate surface area is 184 Å². The van der Waals surface area contributed by atoms with E-state index >= 15 is 0 Å². The van der Waals surface area contributed by atoms with Gasteiger partial charge >= 0.3 is 11.7 Å². The number of ether oxygens (including phenoxy) is 1. The van der Waals surface area contributed by atoms with Crippen molar-refractivity contribution >= 4 is 23.4 Å². The molecule has 166 valence electrons. The van der Waals surface area contributed by atoms with Crippen LogP contribution in [0, 0.1) is 13.8 Å². The van der Waals surface area contributed by atoms with Crippen molar-refractivity contribution in [2.75, 3.05) is 24.3 Å². The number of rotatable bonds is 6. The number of nitrogens with two attached hydrogens (primary N) is 1. The Morgan fingerprint density at radius 2 is 1.75 bits per heavy atom. The molecule has 3 rings (SSSR count). The molecule has 9 heteroatoms. The maximum absolute atomic E-state index is 12.6. The molecule has 1 heterocycles. The Morgan fingerprint density at radius 3 is 2.41 bits per heavy atom. The van der Waals surface area contributed by atoms with Crippen molar-refractivity contribution in [1.29, 1.82) is 0 Å². The van der Waals surface area contributed by atoms with Gasteiger partial charge in [-0.2, -0.15) is 0 Å². The van der Waals surface area contributed by atoms with Crippen molar-refractivity contribution in [1.82, 2.24) is 9.55 Å². The van der Waals surface area contributed by atoms with Crippen LogP contribution in [0.5, 0.6) is 0 Å². The van der Waals surface area contributed by atoms with E-state index in [-0.39, 0.29) is 18.1 Å². The Morgan fingerprint density at radius 1 is 1.06 bits per heavy atom. The van der Waals surface area contributed by atoms with Crippen molar-refractivity contribution in [2.24, 2.45) is 0 Å². The molecule has 1 amide bonds. The average Bonchev–Trinajstić information content (AvgIpc) is 2.77. The highest BCUT2D eigenvalue weighted by atomic mass is 16.5. The molecule has 3 N–H and O–H groups in total. The lowest BCUT2D eigenvalue weighted by Crippen LogP contribution is -2.40. The minimum absolute atomic E-state index is 0.110. The second-order valence-corrected chi connectivity index (χ2v) is 7.39. The lowest BCUT2D eigenvalue weighted by Gasteiger charge is -2.20. The van der Waals surface area contributed by atoms with Crippen LogP contribution in [0.1, 0.15) is 27.0 Å². The van der Waals surface area contributed by atoms with Crippen LogP contribution in [-0.4, -0.2) is 35.1 Å². The minimum atomic E-state index is -0.812. The number of amides is 1. The Kier molecular flexibility index (Phi) is 6.58. The van der Waals surface area contributed by atoms with Crippen LogP contribution in [0.4, 0.5) is 11.5 Å². The Bertz CT molecular complexity index is 1280. The molecule has 0 aliphatic carbocycles. The number of nitrogens with zero attached hydrogens (tertiary/aromatic N) is 2. The lowest BCUT2D eigenvalue weighted by atomic mass is 10.1. The van der Waals surface area contributed by atoms with Crippen molar-refractivity contribution in [3.8, 4) is 0 Å². The maximum atomic E-state index is 12.6. The van der Waals surface area contributed by atoms with E-state index in [1.54, 1.807) is 30.3 Å².